The Bertz CT molecular complexity index is 828. The van der Waals surface area contributed by atoms with Gasteiger partial charge in [0.15, 0.2) is 11.6 Å². The first kappa shape index (κ1) is 21.8. The van der Waals surface area contributed by atoms with Gasteiger partial charge in [0, 0.05) is 30.8 Å². The van der Waals surface area contributed by atoms with Gasteiger partial charge in [0.25, 0.3) is 5.91 Å². The summed E-state index contributed by atoms with van der Waals surface area (Å²) in [5.74, 6) is -0.123. The van der Waals surface area contributed by atoms with Crippen LogP contribution < -0.4 is 16.0 Å². The molecule has 1 aromatic carbocycles. The van der Waals surface area contributed by atoms with Crippen LogP contribution in [0.1, 0.15) is 41.9 Å². The van der Waals surface area contributed by atoms with Gasteiger partial charge in [-0.15, -0.1) is 12.4 Å². The van der Waals surface area contributed by atoms with Crippen molar-refractivity contribution < 1.29 is 13.6 Å². The molecule has 0 aliphatic heterocycles. The second-order valence-electron chi connectivity index (χ2n) is 6.73. The van der Waals surface area contributed by atoms with Crippen LogP contribution in [0.2, 0.25) is 0 Å². The number of halogens is 3. The van der Waals surface area contributed by atoms with E-state index in [-0.39, 0.29) is 36.0 Å². The second-order valence-corrected chi connectivity index (χ2v) is 6.73. The van der Waals surface area contributed by atoms with Crippen LogP contribution >= 0.6 is 12.4 Å². The van der Waals surface area contributed by atoms with Gasteiger partial charge in [-0.2, -0.15) is 0 Å². The summed E-state index contributed by atoms with van der Waals surface area (Å²) in [5.41, 5.74) is 0.130. The minimum atomic E-state index is -1.02. The van der Waals surface area contributed by atoms with Crippen LogP contribution in [0, 0.1) is 18.6 Å². The van der Waals surface area contributed by atoms with Crippen molar-refractivity contribution in [2.45, 2.75) is 44.7 Å². The average molecular weight is 412 g/mol. The first-order valence-corrected chi connectivity index (χ1v) is 9.00. The van der Waals surface area contributed by atoms with E-state index >= 15 is 0 Å². The standard InChI is InChI=1S/C19H23F2N5O.ClH/c1-11-23-17(22-2)10-18(24-11)25-13-4-6-14(7-5-13)26-19(27)12-3-8-15(20)16(21)9-12;/h3,8-10,13-14H,4-7H2,1-2H3,(H,26,27)(H2,22,23,24,25);1H/t13-,14+;. The van der Waals surface area contributed by atoms with Crippen molar-refractivity contribution in [3.8, 4) is 0 Å². The third kappa shape index (κ3) is 5.51. The zero-order chi connectivity index (χ0) is 19.4. The number of amides is 1. The molecule has 1 heterocycles. The van der Waals surface area contributed by atoms with Crippen LogP contribution in [0.25, 0.3) is 0 Å². The molecule has 1 saturated carbocycles. The van der Waals surface area contributed by atoms with E-state index in [9.17, 15) is 13.6 Å². The summed E-state index contributed by atoms with van der Waals surface area (Å²) in [7, 11) is 1.81. The van der Waals surface area contributed by atoms with Gasteiger partial charge in [0.1, 0.15) is 17.5 Å². The van der Waals surface area contributed by atoms with Crippen LogP contribution in [-0.2, 0) is 0 Å². The van der Waals surface area contributed by atoms with Crippen molar-refractivity contribution in [3.63, 3.8) is 0 Å². The van der Waals surface area contributed by atoms with E-state index in [0.717, 1.165) is 49.5 Å². The molecule has 0 spiro atoms. The molecule has 0 bridgehead atoms. The number of carbonyl (C=O) groups is 1. The molecule has 2 aromatic rings. The number of anilines is 2. The second kappa shape index (κ2) is 9.64. The number of hydrogen-bond donors (Lipinski definition) is 3. The first-order valence-electron chi connectivity index (χ1n) is 9.00. The fourth-order valence-electron chi connectivity index (χ4n) is 3.27. The fraction of sp³-hybridized carbons (Fsp3) is 0.421. The summed E-state index contributed by atoms with van der Waals surface area (Å²) >= 11 is 0. The number of aryl methyl sites for hydroxylation is 1. The molecule has 3 rings (SSSR count). The number of nitrogens with zero attached hydrogens (tertiary/aromatic N) is 2. The summed E-state index contributed by atoms with van der Waals surface area (Å²) in [4.78, 5) is 20.9. The topological polar surface area (TPSA) is 78.9 Å². The molecule has 0 unspecified atom stereocenters. The number of rotatable bonds is 5. The third-order valence-electron chi connectivity index (χ3n) is 4.69. The molecule has 3 N–H and O–H groups in total. The van der Waals surface area contributed by atoms with Gasteiger partial charge in [-0.3, -0.25) is 4.79 Å². The van der Waals surface area contributed by atoms with Crippen LogP contribution in [0.4, 0.5) is 20.4 Å². The molecule has 1 amide bonds. The van der Waals surface area contributed by atoms with Crippen LogP contribution in [-0.4, -0.2) is 35.0 Å². The largest absolute Gasteiger partial charge is 0.373 e. The molecule has 1 aliphatic rings. The van der Waals surface area contributed by atoms with Gasteiger partial charge in [-0.25, -0.2) is 18.7 Å². The molecule has 0 saturated heterocycles. The molecular formula is C19H24ClF2N5O. The Morgan fingerprint density at radius 3 is 2.29 bits per heavy atom. The molecule has 6 nitrogen and oxygen atoms in total. The molecular weight excluding hydrogens is 388 g/mol. The number of aromatic nitrogens is 2. The van der Waals surface area contributed by atoms with E-state index in [2.05, 4.69) is 25.9 Å². The smallest absolute Gasteiger partial charge is 0.251 e. The van der Waals surface area contributed by atoms with E-state index in [1.165, 1.54) is 6.07 Å². The Balaban J connectivity index is 0.00000280. The minimum Gasteiger partial charge on any atom is -0.373 e. The predicted octanol–water partition coefficient (Wildman–Crippen LogP) is 3.68. The fourth-order valence-corrected chi connectivity index (χ4v) is 3.27. The van der Waals surface area contributed by atoms with E-state index < -0.39 is 11.6 Å². The molecule has 0 radical (unpaired) electrons. The van der Waals surface area contributed by atoms with E-state index in [1.54, 1.807) is 0 Å². The molecule has 0 atom stereocenters. The lowest BCUT2D eigenvalue weighted by atomic mass is 9.91. The number of hydrogen-bond acceptors (Lipinski definition) is 5. The van der Waals surface area contributed by atoms with Gasteiger partial charge in [-0.1, -0.05) is 0 Å². The Kier molecular flexibility index (Phi) is 7.51. The van der Waals surface area contributed by atoms with Gasteiger partial charge in [0.2, 0.25) is 0 Å². The Morgan fingerprint density at radius 1 is 1.00 bits per heavy atom. The Hall–Kier alpha value is -2.48. The summed E-state index contributed by atoms with van der Waals surface area (Å²) < 4.78 is 26.3. The highest BCUT2D eigenvalue weighted by Gasteiger charge is 2.23. The zero-order valence-corrected chi connectivity index (χ0v) is 16.6. The van der Waals surface area contributed by atoms with Crippen LogP contribution in [0.15, 0.2) is 24.3 Å². The van der Waals surface area contributed by atoms with Crippen molar-refractivity contribution in [1.29, 1.82) is 0 Å². The SMILES string of the molecule is CNc1cc(N[C@H]2CC[C@@H](NC(=O)c3ccc(F)c(F)c3)CC2)nc(C)n1.Cl. The Morgan fingerprint density at radius 2 is 1.64 bits per heavy atom. The monoisotopic (exact) mass is 411 g/mol. The van der Waals surface area contributed by atoms with Gasteiger partial charge in [-0.05, 0) is 50.8 Å². The quantitative estimate of drug-likeness (QED) is 0.699. The van der Waals surface area contributed by atoms with Crippen molar-refractivity contribution >= 4 is 29.9 Å². The molecule has 1 aromatic heterocycles. The summed E-state index contributed by atoms with van der Waals surface area (Å²) in [5, 5.41) is 9.33. The molecule has 152 valence electrons. The summed E-state index contributed by atoms with van der Waals surface area (Å²) in [6, 6.07) is 5.33. The van der Waals surface area contributed by atoms with E-state index in [0.29, 0.717) is 5.82 Å². The lowest BCUT2D eigenvalue weighted by Crippen LogP contribution is -2.40. The number of nitrogens with one attached hydrogen (secondary N) is 3. The molecule has 1 fully saturated rings. The predicted molar refractivity (Wildman–Crippen MR) is 107 cm³/mol. The van der Waals surface area contributed by atoms with Crippen molar-refractivity contribution in [1.82, 2.24) is 15.3 Å². The highest BCUT2D eigenvalue weighted by atomic mass is 35.5. The maximum atomic E-state index is 13.3. The van der Waals surface area contributed by atoms with Crippen molar-refractivity contribution in [3.05, 3.63) is 47.3 Å². The third-order valence-corrected chi connectivity index (χ3v) is 4.69. The zero-order valence-electron chi connectivity index (χ0n) is 15.8. The number of benzene rings is 1. The maximum absolute atomic E-state index is 13.3. The number of carbonyl (C=O) groups excluding carboxylic acids is 1. The highest BCUT2D eigenvalue weighted by Crippen LogP contribution is 2.23. The average Bonchev–Trinajstić information content (AvgIpc) is 2.65. The molecule has 28 heavy (non-hydrogen) atoms. The van der Waals surface area contributed by atoms with E-state index in [1.807, 2.05) is 20.0 Å². The van der Waals surface area contributed by atoms with Crippen LogP contribution in [0.5, 0.6) is 0 Å². The normalized spacial score (nSPS) is 18.7. The maximum Gasteiger partial charge on any atom is 0.251 e. The first-order chi connectivity index (χ1) is 12.9. The Labute approximate surface area is 169 Å². The van der Waals surface area contributed by atoms with Crippen molar-refractivity contribution in [2.24, 2.45) is 0 Å². The van der Waals surface area contributed by atoms with Gasteiger partial charge in [0.05, 0.1) is 0 Å². The lowest BCUT2D eigenvalue weighted by molar-refractivity contribution is 0.0926. The highest BCUT2D eigenvalue weighted by molar-refractivity contribution is 5.94. The van der Waals surface area contributed by atoms with Crippen molar-refractivity contribution in [2.75, 3.05) is 17.7 Å². The summed E-state index contributed by atoms with van der Waals surface area (Å²) in [6.45, 7) is 1.84. The molecule has 9 heteroatoms. The van der Waals surface area contributed by atoms with E-state index in [4.69, 9.17) is 0 Å². The van der Waals surface area contributed by atoms with Crippen LogP contribution in [0.3, 0.4) is 0 Å². The minimum absolute atomic E-state index is 0. The lowest BCUT2D eigenvalue weighted by Gasteiger charge is -2.30. The van der Waals surface area contributed by atoms with Gasteiger partial charge >= 0.3 is 0 Å². The van der Waals surface area contributed by atoms with Gasteiger partial charge < -0.3 is 16.0 Å². The molecule has 1 aliphatic carbocycles. The summed E-state index contributed by atoms with van der Waals surface area (Å²) in [6.07, 6.45) is 3.35.